The van der Waals surface area contributed by atoms with Gasteiger partial charge in [-0.05, 0) is 12.1 Å². The summed E-state index contributed by atoms with van der Waals surface area (Å²) in [7, 11) is 0. The Balaban J connectivity index is 2.56. The first kappa shape index (κ1) is 16.6. The summed E-state index contributed by atoms with van der Waals surface area (Å²) in [6.45, 7) is 1.29. The van der Waals surface area contributed by atoms with Crippen molar-refractivity contribution in [2.45, 2.75) is 13.3 Å². The van der Waals surface area contributed by atoms with Crippen LogP contribution < -0.4 is 15.4 Å². The Morgan fingerprint density at radius 1 is 1.38 bits per heavy atom. The van der Waals surface area contributed by atoms with Gasteiger partial charge in [0.2, 0.25) is 0 Å². The van der Waals surface area contributed by atoms with Gasteiger partial charge in [0.1, 0.15) is 5.75 Å². The third-order valence-corrected chi connectivity index (χ3v) is 2.32. The molecule has 0 radical (unpaired) electrons. The average Bonchev–Trinajstić information content (AvgIpc) is 2.34. The Kier molecular flexibility index (Phi) is 5.39. The average molecular weight is 306 g/mol. The molecule has 0 aliphatic carbocycles. The second-order valence-electron chi connectivity index (χ2n) is 4.15. The number of carbonyl (C=O) groups is 2. The fourth-order valence-electron chi connectivity index (χ4n) is 1.28. The minimum atomic E-state index is -4.82. The molecule has 0 aliphatic rings. The van der Waals surface area contributed by atoms with Crippen molar-refractivity contribution < 1.29 is 32.6 Å². The highest BCUT2D eigenvalue weighted by molar-refractivity contribution is 5.89. The van der Waals surface area contributed by atoms with Crippen LogP contribution in [0, 0.1) is 5.92 Å². The summed E-state index contributed by atoms with van der Waals surface area (Å²) in [6, 6.07) is 3.99. The number of nitrogens with one attached hydrogen (secondary N) is 2. The lowest BCUT2D eigenvalue weighted by molar-refractivity contribution is -0.274. The fraction of sp³-hybridized carbons (Fsp3) is 0.333. The van der Waals surface area contributed by atoms with Crippen molar-refractivity contribution in [1.82, 2.24) is 5.32 Å². The van der Waals surface area contributed by atoms with Crippen molar-refractivity contribution in [1.29, 1.82) is 0 Å². The molecule has 21 heavy (non-hydrogen) atoms. The monoisotopic (exact) mass is 306 g/mol. The number of carboxylic acids is 1. The van der Waals surface area contributed by atoms with Crippen LogP contribution in [0.1, 0.15) is 6.92 Å². The Labute approximate surface area is 117 Å². The summed E-state index contributed by atoms with van der Waals surface area (Å²) in [5, 5.41) is 13.2. The van der Waals surface area contributed by atoms with E-state index in [2.05, 4.69) is 15.4 Å². The van der Waals surface area contributed by atoms with Crippen LogP contribution in [0.15, 0.2) is 24.3 Å². The minimum absolute atomic E-state index is 0.0808. The lowest BCUT2D eigenvalue weighted by Gasteiger charge is -2.12. The zero-order valence-corrected chi connectivity index (χ0v) is 10.9. The lowest BCUT2D eigenvalue weighted by Crippen LogP contribution is -2.34. The second kappa shape index (κ2) is 6.82. The van der Waals surface area contributed by atoms with Crippen molar-refractivity contribution in [2.24, 2.45) is 5.92 Å². The van der Waals surface area contributed by atoms with Gasteiger partial charge in [-0.2, -0.15) is 0 Å². The van der Waals surface area contributed by atoms with Gasteiger partial charge < -0.3 is 20.5 Å². The Hall–Kier alpha value is -2.45. The summed E-state index contributed by atoms with van der Waals surface area (Å²) in [5.74, 6) is -2.33. The molecule has 9 heteroatoms. The normalized spacial score (nSPS) is 12.4. The first-order chi connectivity index (χ1) is 9.67. The number of alkyl halides is 3. The smallest absolute Gasteiger partial charge is 0.481 e. The van der Waals surface area contributed by atoms with Crippen LogP contribution in [0.2, 0.25) is 0 Å². The van der Waals surface area contributed by atoms with Crippen LogP contribution in [0.3, 0.4) is 0 Å². The highest BCUT2D eigenvalue weighted by atomic mass is 19.4. The molecule has 0 fully saturated rings. The molecule has 116 valence electrons. The van der Waals surface area contributed by atoms with Crippen LogP contribution in [-0.4, -0.2) is 30.0 Å². The minimum Gasteiger partial charge on any atom is -0.481 e. The van der Waals surface area contributed by atoms with Gasteiger partial charge in [0.15, 0.2) is 0 Å². The van der Waals surface area contributed by atoms with Gasteiger partial charge in [0.05, 0.1) is 5.92 Å². The number of amides is 2. The maximum absolute atomic E-state index is 12.0. The van der Waals surface area contributed by atoms with Gasteiger partial charge in [-0.3, -0.25) is 4.79 Å². The molecule has 0 saturated carbocycles. The van der Waals surface area contributed by atoms with E-state index in [4.69, 9.17) is 5.11 Å². The highest BCUT2D eigenvalue weighted by Crippen LogP contribution is 2.24. The SMILES string of the molecule is CC(CNC(=O)Nc1cccc(OC(F)(F)F)c1)C(=O)O. The summed E-state index contributed by atoms with van der Waals surface area (Å²) < 4.78 is 39.8. The van der Waals surface area contributed by atoms with Crippen LogP contribution in [0.25, 0.3) is 0 Å². The van der Waals surface area contributed by atoms with E-state index in [1.54, 1.807) is 0 Å². The third kappa shape index (κ3) is 6.50. The number of benzene rings is 1. The number of anilines is 1. The molecular weight excluding hydrogens is 293 g/mol. The molecule has 1 rings (SSSR count). The van der Waals surface area contributed by atoms with Gasteiger partial charge in [-0.1, -0.05) is 13.0 Å². The standard InChI is InChI=1S/C12H13F3N2O4/c1-7(10(18)19)6-16-11(20)17-8-3-2-4-9(5-8)21-12(13,14)15/h2-5,7H,6H2,1H3,(H,18,19)(H2,16,17,20). The van der Waals surface area contributed by atoms with E-state index in [1.165, 1.54) is 19.1 Å². The van der Waals surface area contributed by atoms with Gasteiger partial charge in [-0.15, -0.1) is 13.2 Å². The predicted molar refractivity (Wildman–Crippen MR) is 66.9 cm³/mol. The van der Waals surface area contributed by atoms with Gasteiger partial charge in [0, 0.05) is 18.3 Å². The van der Waals surface area contributed by atoms with E-state index >= 15 is 0 Å². The number of carbonyl (C=O) groups excluding carboxylic acids is 1. The molecule has 0 bridgehead atoms. The first-order valence-electron chi connectivity index (χ1n) is 5.81. The number of aliphatic carboxylic acids is 1. The van der Waals surface area contributed by atoms with E-state index < -0.39 is 30.0 Å². The molecule has 0 aromatic heterocycles. The Morgan fingerprint density at radius 3 is 2.62 bits per heavy atom. The number of urea groups is 1. The zero-order chi connectivity index (χ0) is 16.0. The van der Waals surface area contributed by atoms with Gasteiger partial charge >= 0.3 is 18.4 Å². The van der Waals surface area contributed by atoms with Crippen LogP contribution in [0.5, 0.6) is 5.75 Å². The molecule has 0 spiro atoms. The molecule has 0 aliphatic heterocycles. The van der Waals surface area contributed by atoms with Crippen molar-refractivity contribution >= 4 is 17.7 Å². The quantitative estimate of drug-likeness (QED) is 0.779. The summed E-state index contributed by atoms with van der Waals surface area (Å²) in [4.78, 5) is 22.0. The largest absolute Gasteiger partial charge is 0.573 e. The maximum atomic E-state index is 12.0. The molecule has 2 amide bonds. The van der Waals surface area contributed by atoms with Crippen LogP contribution in [-0.2, 0) is 4.79 Å². The summed E-state index contributed by atoms with van der Waals surface area (Å²) in [6.07, 6.45) is -4.82. The molecule has 1 unspecified atom stereocenters. The molecule has 1 atom stereocenters. The molecule has 0 heterocycles. The molecule has 6 nitrogen and oxygen atoms in total. The number of hydrogen-bond acceptors (Lipinski definition) is 3. The number of halogens is 3. The van der Waals surface area contributed by atoms with E-state index in [9.17, 15) is 22.8 Å². The van der Waals surface area contributed by atoms with Crippen LogP contribution in [0.4, 0.5) is 23.7 Å². The van der Waals surface area contributed by atoms with Crippen LogP contribution >= 0.6 is 0 Å². The number of hydrogen-bond donors (Lipinski definition) is 3. The van der Waals surface area contributed by atoms with Crippen molar-refractivity contribution in [2.75, 3.05) is 11.9 Å². The molecule has 0 saturated heterocycles. The summed E-state index contributed by atoms with van der Waals surface area (Å²) >= 11 is 0. The van der Waals surface area contributed by atoms with E-state index in [0.717, 1.165) is 12.1 Å². The Bertz CT molecular complexity index is 519. The van der Waals surface area contributed by atoms with Crippen molar-refractivity contribution in [3.63, 3.8) is 0 Å². The topological polar surface area (TPSA) is 87.7 Å². The third-order valence-electron chi connectivity index (χ3n) is 2.32. The Morgan fingerprint density at radius 2 is 2.05 bits per heavy atom. The lowest BCUT2D eigenvalue weighted by atomic mass is 10.2. The van der Waals surface area contributed by atoms with Crippen molar-refractivity contribution in [3.8, 4) is 5.75 Å². The zero-order valence-electron chi connectivity index (χ0n) is 10.9. The molecule has 3 N–H and O–H groups in total. The number of carboxylic acid groups (broad SMARTS) is 1. The first-order valence-corrected chi connectivity index (χ1v) is 5.81. The molecule has 1 aromatic carbocycles. The van der Waals surface area contributed by atoms with Gasteiger partial charge in [0.25, 0.3) is 0 Å². The highest BCUT2D eigenvalue weighted by Gasteiger charge is 2.31. The number of ether oxygens (including phenoxy) is 1. The van der Waals surface area contributed by atoms with Crippen molar-refractivity contribution in [3.05, 3.63) is 24.3 Å². The second-order valence-corrected chi connectivity index (χ2v) is 4.15. The molecule has 1 aromatic rings. The van der Waals surface area contributed by atoms with Gasteiger partial charge in [-0.25, -0.2) is 4.79 Å². The molecular formula is C12H13F3N2O4. The summed E-state index contributed by atoms with van der Waals surface area (Å²) in [5.41, 5.74) is 0.0808. The van der Waals surface area contributed by atoms with E-state index in [-0.39, 0.29) is 12.2 Å². The fourth-order valence-corrected chi connectivity index (χ4v) is 1.28. The maximum Gasteiger partial charge on any atom is 0.573 e. The predicted octanol–water partition coefficient (Wildman–Crippen LogP) is 2.43. The number of rotatable bonds is 5. The van der Waals surface area contributed by atoms with E-state index in [1.807, 2.05) is 0 Å². The van der Waals surface area contributed by atoms with E-state index in [0.29, 0.717) is 0 Å².